The molecule has 1 unspecified atom stereocenters. The first-order valence-corrected chi connectivity index (χ1v) is 7.84. The fraction of sp³-hybridized carbons (Fsp3) is 0.444. The highest BCUT2D eigenvalue weighted by atomic mass is 16.6. The van der Waals surface area contributed by atoms with Crippen LogP contribution in [0.4, 0.5) is 0 Å². The molecule has 1 aromatic carbocycles. The van der Waals surface area contributed by atoms with E-state index in [1.54, 1.807) is 6.92 Å². The Hall–Kier alpha value is -2.14. The molecule has 1 aromatic heterocycles. The molecule has 0 bridgehead atoms. The zero-order valence-corrected chi connectivity index (χ0v) is 13.8. The van der Waals surface area contributed by atoms with E-state index < -0.39 is 12.1 Å². The van der Waals surface area contributed by atoms with E-state index in [0.717, 1.165) is 12.0 Å². The third-order valence-electron chi connectivity index (χ3n) is 3.33. The van der Waals surface area contributed by atoms with Gasteiger partial charge in [-0.05, 0) is 31.4 Å². The van der Waals surface area contributed by atoms with Gasteiger partial charge in [0.15, 0.2) is 6.10 Å². The van der Waals surface area contributed by atoms with Crippen molar-refractivity contribution in [1.29, 1.82) is 0 Å². The van der Waals surface area contributed by atoms with Crippen LogP contribution in [0.3, 0.4) is 0 Å². The van der Waals surface area contributed by atoms with E-state index in [-0.39, 0.29) is 6.61 Å². The van der Waals surface area contributed by atoms with E-state index in [9.17, 15) is 4.79 Å². The van der Waals surface area contributed by atoms with Crippen LogP contribution in [0.5, 0.6) is 0 Å². The summed E-state index contributed by atoms with van der Waals surface area (Å²) < 4.78 is 16.1. The monoisotopic (exact) mass is 317 g/mol. The molecule has 2 aromatic rings. The van der Waals surface area contributed by atoms with Crippen molar-refractivity contribution < 1.29 is 18.7 Å². The highest BCUT2D eigenvalue weighted by molar-refractivity contribution is 5.74. The van der Waals surface area contributed by atoms with E-state index in [0.29, 0.717) is 24.1 Å². The summed E-state index contributed by atoms with van der Waals surface area (Å²) in [6.07, 6.45) is 1.84. The molecule has 0 aliphatic heterocycles. The second kappa shape index (κ2) is 8.48. The van der Waals surface area contributed by atoms with E-state index in [2.05, 4.69) is 18.8 Å². The van der Waals surface area contributed by atoms with Gasteiger partial charge >= 0.3 is 5.97 Å². The third kappa shape index (κ3) is 5.53. The molecule has 0 fully saturated rings. The Morgan fingerprint density at radius 1 is 1.22 bits per heavy atom. The van der Waals surface area contributed by atoms with Gasteiger partial charge < -0.3 is 13.9 Å². The van der Waals surface area contributed by atoms with Crippen LogP contribution < -0.4 is 0 Å². The lowest BCUT2D eigenvalue weighted by molar-refractivity contribution is -0.157. The van der Waals surface area contributed by atoms with Crippen LogP contribution >= 0.6 is 0 Å². The zero-order valence-electron chi connectivity index (χ0n) is 13.8. The number of esters is 1. The molecule has 5 heteroatoms. The van der Waals surface area contributed by atoms with Crippen molar-refractivity contribution in [2.45, 2.75) is 39.9 Å². The minimum atomic E-state index is -0.575. The number of carbonyl (C=O) groups excluding carboxylic acids is 1. The number of oxazole rings is 1. The number of hydrogen-bond acceptors (Lipinski definition) is 5. The summed E-state index contributed by atoms with van der Waals surface area (Å²) in [6.45, 7) is 6.55. The molecule has 5 nitrogen and oxygen atoms in total. The predicted octanol–water partition coefficient (Wildman–Crippen LogP) is 3.84. The smallest absolute Gasteiger partial charge is 0.335 e. The zero-order chi connectivity index (χ0) is 16.7. The molecule has 0 aliphatic carbocycles. The number of nitrogens with zero attached hydrogens (tertiary/aromatic N) is 1. The fourth-order valence-corrected chi connectivity index (χ4v) is 1.90. The van der Waals surface area contributed by atoms with Crippen LogP contribution in [0.15, 0.2) is 41.0 Å². The Morgan fingerprint density at radius 3 is 2.65 bits per heavy atom. The summed E-state index contributed by atoms with van der Waals surface area (Å²) in [5.74, 6) is 0.667. The molecule has 0 aliphatic rings. The average Bonchev–Trinajstić information content (AvgIpc) is 3.02. The normalized spacial score (nSPS) is 12.3. The van der Waals surface area contributed by atoms with Gasteiger partial charge in [-0.3, -0.25) is 0 Å². The number of hydrogen-bond donors (Lipinski definition) is 0. The molecule has 0 spiro atoms. The Morgan fingerprint density at radius 2 is 1.96 bits per heavy atom. The Labute approximate surface area is 136 Å². The Bertz CT molecular complexity index is 606. The summed E-state index contributed by atoms with van der Waals surface area (Å²) in [6, 6.07) is 9.57. The lowest BCUT2D eigenvalue weighted by atomic mass is 10.1. The molecule has 124 valence electrons. The first-order chi connectivity index (χ1) is 11.1. The van der Waals surface area contributed by atoms with Crippen molar-refractivity contribution in [2.75, 3.05) is 6.61 Å². The van der Waals surface area contributed by atoms with Gasteiger partial charge in [0.2, 0.25) is 5.89 Å². The maximum absolute atomic E-state index is 11.9. The number of ether oxygens (including phenoxy) is 2. The summed E-state index contributed by atoms with van der Waals surface area (Å²) in [4.78, 5) is 16.2. The Balaban J connectivity index is 1.79. The van der Waals surface area contributed by atoms with Gasteiger partial charge in [0.25, 0.3) is 0 Å². The topological polar surface area (TPSA) is 61.6 Å². The number of rotatable bonds is 8. The van der Waals surface area contributed by atoms with Gasteiger partial charge in [0, 0.05) is 12.2 Å². The van der Waals surface area contributed by atoms with Gasteiger partial charge in [-0.15, -0.1) is 0 Å². The van der Waals surface area contributed by atoms with Crippen LogP contribution in [0.1, 0.15) is 32.9 Å². The van der Waals surface area contributed by atoms with E-state index >= 15 is 0 Å². The van der Waals surface area contributed by atoms with Gasteiger partial charge in [-0.2, -0.15) is 0 Å². The van der Waals surface area contributed by atoms with Crippen molar-refractivity contribution in [1.82, 2.24) is 4.98 Å². The molecule has 0 saturated heterocycles. The number of benzene rings is 1. The molecule has 0 saturated carbocycles. The number of carbonyl (C=O) groups is 1. The van der Waals surface area contributed by atoms with Crippen LogP contribution in [-0.2, 0) is 20.9 Å². The summed E-state index contributed by atoms with van der Waals surface area (Å²) in [5.41, 5.74) is 1.46. The van der Waals surface area contributed by atoms with Crippen molar-refractivity contribution in [3.63, 3.8) is 0 Å². The van der Waals surface area contributed by atoms with E-state index in [4.69, 9.17) is 13.9 Å². The van der Waals surface area contributed by atoms with Gasteiger partial charge in [-0.1, -0.05) is 32.0 Å². The average molecular weight is 317 g/mol. The van der Waals surface area contributed by atoms with Gasteiger partial charge in [0.05, 0.1) is 0 Å². The van der Waals surface area contributed by atoms with Crippen LogP contribution in [0.25, 0.3) is 11.5 Å². The highest BCUT2D eigenvalue weighted by Gasteiger charge is 2.16. The van der Waals surface area contributed by atoms with Gasteiger partial charge in [0.1, 0.15) is 18.6 Å². The SMILES string of the molecule is CC(C)CCOC(C)C(=O)OCc1coc(-c2ccccc2)n1. The molecule has 1 atom stereocenters. The molecule has 2 rings (SSSR count). The fourth-order valence-electron chi connectivity index (χ4n) is 1.90. The minimum absolute atomic E-state index is 0.0764. The quantitative estimate of drug-likeness (QED) is 0.692. The van der Waals surface area contributed by atoms with Crippen LogP contribution in [0.2, 0.25) is 0 Å². The molecule has 0 amide bonds. The molecule has 1 heterocycles. The molecule has 0 N–H and O–H groups in total. The standard InChI is InChI=1S/C18H23NO4/c1-13(2)9-10-21-14(3)18(20)23-12-16-11-22-17(19-16)15-7-5-4-6-8-15/h4-8,11,13-14H,9-10,12H2,1-3H3. The maximum Gasteiger partial charge on any atom is 0.335 e. The molecular weight excluding hydrogens is 294 g/mol. The first kappa shape index (κ1) is 17.2. The minimum Gasteiger partial charge on any atom is -0.457 e. The highest BCUT2D eigenvalue weighted by Crippen LogP contribution is 2.18. The lowest BCUT2D eigenvalue weighted by Gasteiger charge is -2.12. The summed E-state index contributed by atoms with van der Waals surface area (Å²) >= 11 is 0. The molecular formula is C18H23NO4. The predicted molar refractivity (Wildman–Crippen MR) is 86.6 cm³/mol. The summed E-state index contributed by atoms with van der Waals surface area (Å²) in [7, 11) is 0. The largest absolute Gasteiger partial charge is 0.457 e. The maximum atomic E-state index is 11.9. The molecule has 23 heavy (non-hydrogen) atoms. The van der Waals surface area contributed by atoms with E-state index in [1.165, 1.54) is 6.26 Å². The second-order valence-electron chi connectivity index (χ2n) is 5.81. The Kier molecular flexibility index (Phi) is 6.35. The van der Waals surface area contributed by atoms with Crippen molar-refractivity contribution in [3.8, 4) is 11.5 Å². The first-order valence-electron chi connectivity index (χ1n) is 7.84. The van der Waals surface area contributed by atoms with Crippen molar-refractivity contribution in [2.24, 2.45) is 5.92 Å². The van der Waals surface area contributed by atoms with Crippen molar-refractivity contribution >= 4 is 5.97 Å². The van der Waals surface area contributed by atoms with Crippen molar-refractivity contribution in [3.05, 3.63) is 42.3 Å². The molecule has 0 radical (unpaired) electrons. The summed E-state index contributed by atoms with van der Waals surface area (Å²) in [5, 5.41) is 0. The third-order valence-corrected chi connectivity index (χ3v) is 3.33. The second-order valence-corrected chi connectivity index (χ2v) is 5.81. The van der Waals surface area contributed by atoms with Crippen LogP contribution in [-0.4, -0.2) is 23.7 Å². The number of aromatic nitrogens is 1. The van der Waals surface area contributed by atoms with Crippen LogP contribution in [0, 0.1) is 5.92 Å². The van der Waals surface area contributed by atoms with E-state index in [1.807, 2.05) is 30.3 Å². The lowest BCUT2D eigenvalue weighted by Crippen LogP contribution is -2.24. The van der Waals surface area contributed by atoms with Gasteiger partial charge in [-0.25, -0.2) is 9.78 Å².